The van der Waals surface area contributed by atoms with Crippen molar-refractivity contribution >= 4 is 29.3 Å². The number of imide groups is 1. The van der Waals surface area contributed by atoms with Crippen LogP contribution >= 0.6 is 0 Å². The van der Waals surface area contributed by atoms with Gasteiger partial charge in [0, 0.05) is 44.9 Å². The molecule has 0 N–H and O–H groups in total. The molecule has 11 nitrogen and oxygen atoms in total. The van der Waals surface area contributed by atoms with E-state index in [4.69, 9.17) is 4.74 Å². The summed E-state index contributed by atoms with van der Waals surface area (Å²) in [5.41, 5.74) is -0.325. The highest BCUT2D eigenvalue weighted by atomic mass is 16.6. The van der Waals surface area contributed by atoms with E-state index in [-0.39, 0.29) is 22.7 Å². The molecule has 11 heteroatoms. The first kappa shape index (κ1) is 20.0. The van der Waals surface area contributed by atoms with E-state index < -0.39 is 35.3 Å². The van der Waals surface area contributed by atoms with Crippen LogP contribution in [0.3, 0.4) is 0 Å². The molecule has 2 saturated heterocycles. The van der Waals surface area contributed by atoms with Crippen LogP contribution in [0.1, 0.15) is 33.6 Å². The van der Waals surface area contributed by atoms with E-state index in [2.05, 4.69) is 0 Å². The van der Waals surface area contributed by atoms with E-state index in [1.807, 2.05) is 0 Å². The number of piperazine rings is 1. The number of rotatable bonds is 4. The molecule has 4 rings (SSSR count). The van der Waals surface area contributed by atoms with Crippen LogP contribution in [0.5, 0.6) is 0 Å². The van der Waals surface area contributed by atoms with Gasteiger partial charge < -0.3 is 14.5 Å². The Morgan fingerprint density at radius 2 is 1.73 bits per heavy atom. The molecule has 0 saturated carbocycles. The Morgan fingerprint density at radius 1 is 1.07 bits per heavy atom. The smallest absolute Gasteiger partial charge is 0.270 e. The molecule has 1 aromatic rings. The third-order valence-corrected chi connectivity index (χ3v) is 5.61. The van der Waals surface area contributed by atoms with Gasteiger partial charge in [-0.05, 0) is 18.9 Å². The van der Waals surface area contributed by atoms with Crippen LogP contribution in [0.15, 0.2) is 18.2 Å². The lowest BCUT2D eigenvalue weighted by atomic mass is 10.1. The second-order valence-corrected chi connectivity index (χ2v) is 7.39. The highest BCUT2D eigenvalue weighted by Crippen LogP contribution is 2.27. The van der Waals surface area contributed by atoms with Crippen molar-refractivity contribution in [3.05, 3.63) is 39.4 Å². The average Bonchev–Trinajstić information content (AvgIpc) is 3.37. The Balaban J connectivity index is 1.36. The summed E-state index contributed by atoms with van der Waals surface area (Å²) in [6, 6.07) is 3.43. The second kappa shape index (κ2) is 7.82. The van der Waals surface area contributed by atoms with Crippen LogP contribution in [0, 0.1) is 10.1 Å². The Bertz CT molecular complexity index is 933. The topological polar surface area (TPSA) is 130 Å². The molecule has 3 aliphatic heterocycles. The third kappa shape index (κ3) is 3.52. The van der Waals surface area contributed by atoms with Crippen molar-refractivity contribution in [1.29, 1.82) is 0 Å². The fourth-order valence-corrected chi connectivity index (χ4v) is 3.92. The molecule has 2 fully saturated rings. The SMILES string of the molecule is O=C(CN1C(=O)c2ccc([N+](=O)[O-])cc2C1=O)N1CCN(C(=O)C2CCCO2)CC1. The van der Waals surface area contributed by atoms with Gasteiger partial charge in [0.15, 0.2) is 0 Å². The van der Waals surface area contributed by atoms with Gasteiger partial charge in [0.25, 0.3) is 23.4 Å². The number of nitro benzene ring substituents is 1. The molecule has 158 valence electrons. The maximum Gasteiger partial charge on any atom is 0.270 e. The minimum atomic E-state index is -0.723. The molecular weight excluding hydrogens is 396 g/mol. The highest BCUT2D eigenvalue weighted by Gasteiger charge is 2.39. The quantitative estimate of drug-likeness (QED) is 0.385. The van der Waals surface area contributed by atoms with E-state index in [1.54, 1.807) is 4.90 Å². The Hall–Kier alpha value is -3.34. The standard InChI is InChI=1S/C19H20N4O7/c24-16(20-5-7-21(8-6-20)19(27)15-2-1-9-30-15)11-22-17(25)13-4-3-12(23(28)29)10-14(13)18(22)26/h3-4,10,15H,1-2,5-9,11H2. The van der Waals surface area contributed by atoms with Crippen molar-refractivity contribution in [3.8, 4) is 0 Å². The molecule has 1 aromatic carbocycles. The molecule has 0 aromatic heterocycles. The van der Waals surface area contributed by atoms with Gasteiger partial charge in [-0.1, -0.05) is 0 Å². The van der Waals surface area contributed by atoms with Crippen LogP contribution in [-0.4, -0.2) is 88.7 Å². The van der Waals surface area contributed by atoms with Crippen molar-refractivity contribution in [2.45, 2.75) is 18.9 Å². The number of non-ortho nitro benzene ring substituents is 1. The van der Waals surface area contributed by atoms with Crippen molar-refractivity contribution in [2.75, 3.05) is 39.3 Å². The maximum absolute atomic E-state index is 12.6. The summed E-state index contributed by atoms with van der Waals surface area (Å²) >= 11 is 0. The van der Waals surface area contributed by atoms with Gasteiger partial charge in [-0.15, -0.1) is 0 Å². The number of nitro groups is 1. The van der Waals surface area contributed by atoms with Crippen molar-refractivity contribution in [3.63, 3.8) is 0 Å². The Kier molecular flexibility index (Phi) is 5.20. The molecule has 30 heavy (non-hydrogen) atoms. The van der Waals surface area contributed by atoms with Gasteiger partial charge in [0.1, 0.15) is 12.6 Å². The summed E-state index contributed by atoms with van der Waals surface area (Å²) < 4.78 is 5.41. The summed E-state index contributed by atoms with van der Waals surface area (Å²) in [7, 11) is 0. The number of fused-ring (bicyclic) bond motifs is 1. The van der Waals surface area contributed by atoms with Crippen molar-refractivity contribution in [1.82, 2.24) is 14.7 Å². The molecular formula is C19H20N4O7. The lowest BCUT2D eigenvalue weighted by Crippen LogP contribution is -2.54. The van der Waals surface area contributed by atoms with Crippen molar-refractivity contribution in [2.24, 2.45) is 0 Å². The predicted octanol–water partition coefficient (Wildman–Crippen LogP) is 0.0406. The first-order chi connectivity index (χ1) is 14.4. The first-order valence-electron chi connectivity index (χ1n) is 9.69. The van der Waals surface area contributed by atoms with Gasteiger partial charge in [-0.25, -0.2) is 0 Å². The van der Waals surface area contributed by atoms with E-state index >= 15 is 0 Å². The largest absolute Gasteiger partial charge is 0.368 e. The fraction of sp³-hybridized carbons (Fsp3) is 0.474. The molecule has 4 amide bonds. The summed E-state index contributed by atoms with van der Waals surface area (Å²) in [5, 5.41) is 10.9. The predicted molar refractivity (Wildman–Crippen MR) is 101 cm³/mol. The third-order valence-electron chi connectivity index (χ3n) is 5.61. The maximum atomic E-state index is 12.6. The van der Waals surface area contributed by atoms with Crippen LogP contribution in [-0.2, 0) is 14.3 Å². The van der Waals surface area contributed by atoms with Gasteiger partial charge in [-0.3, -0.25) is 34.2 Å². The van der Waals surface area contributed by atoms with Crippen LogP contribution in [0.2, 0.25) is 0 Å². The average molecular weight is 416 g/mol. The summed E-state index contributed by atoms with van der Waals surface area (Å²) in [6.07, 6.45) is 1.16. The normalized spacial score (nSPS) is 21.2. The summed E-state index contributed by atoms with van der Waals surface area (Å²) in [5.74, 6) is -1.85. The van der Waals surface area contributed by atoms with Crippen LogP contribution < -0.4 is 0 Å². The second-order valence-electron chi connectivity index (χ2n) is 7.39. The zero-order valence-corrected chi connectivity index (χ0v) is 16.1. The molecule has 1 unspecified atom stereocenters. The van der Waals surface area contributed by atoms with E-state index in [0.717, 1.165) is 23.5 Å². The number of nitrogens with zero attached hydrogens (tertiary/aromatic N) is 4. The number of hydrogen-bond acceptors (Lipinski definition) is 7. The number of benzene rings is 1. The Labute approximate surface area is 171 Å². The zero-order valence-electron chi connectivity index (χ0n) is 16.1. The number of carbonyl (C=O) groups is 4. The van der Waals surface area contributed by atoms with E-state index in [0.29, 0.717) is 39.2 Å². The molecule has 1 atom stereocenters. The van der Waals surface area contributed by atoms with Crippen LogP contribution in [0.4, 0.5) is 5.69 Å². The lowest BCUT2D eigenvalue weighted by molar-refractivity contribution is -0.384. The Morgan fingerprint density at radius 3 is 2.37 bits per heavy atom. The molecule has 0 aliphatic carbocycles. The van der Waals surface area contributed by atoms with Gasteiger partial charge in [0.05, 0.1) is 16.1 Å². The van der Waals surface area contributed by atoms with Crippen molar-refractivity contribution < 1.29 is 28.8 Å². The molecule has 3 aliphatic rings. The zero-order chi connectivity index (χ0) is 21.4. The van der Waals surface area contributed by atoms with E-state index in [1.165, 1.54) is 11.0 Å². The van der Waals surface area contributed by atoms with E-state index in [9.17, 15) is 29.3 Å². The van der Waals surface area contributed by atoms with Gasteiger partial charge >= 0.3 is 0 Å². The monoisotopic (exact) mass is 416 g/mol. The van der Waals surface area contributed by atoms with Gasteiger partial charge in [0.2, 0.25) is 5.91 Å². The number of ether oxygens (including phenoxy) is 1. The number of hydrogen-bond donors (Lipinski definition) is 0. The molecule has 3 heterocycles. The molecule has 0 bridgehead atoms. The number of carbonyl (C=O) groups excluding carboxylic acids is 4. The minimum Gasteiger partial charge on any atom is -0.368 e. The summed E-state index contributed by atoms with van der Waals surface area (Å²) in [4.78, 5) is 64.3. The van der Waals surface area contributed by atoms with Gasteiger partial charge in [-0.2, -0.15) is 0 Å². The number of amides is 4. The first-order valence-corrected chi connectivity index (χ1v) is 9.69. The molecule has 0 spiro atoms. The highest BCUT2D eigenvalue weighted by molar-refractivity contribution is 6.22. The molecule has 0 radical (unpaired) electrons. The fourth-order valence-electron chi connectivity index (χ4n) is 3.92. The minimum absolute atomic E-state index is 0.0466. The summed E-state index contributed by atoms with van der Waals surface area (Å²) in [6.45, 7) is 1.45. The van der Waals surface area contributed by atoms with Crippen LogP contribution in [0.25, 0.3) is 0 Å². The lowest BCUT2D eigenvalue weighted by Gasteiger charge is -2.36.